The molecule has 0 saturated carbocycles. The molecule has 162 valence electrons. The van der Waals surface area contributed by atoms with Crippen molar-refractivity contribution >= 4 is 55.9 Å². The molecule has 12 heteroatoms. The van der Waals surface area contributed by atoms with Crippen LogP contribution in [0.5, 0.6) is 0 Å². The van der Waals surface area contributed by atoms with Crippen LogP contribution in [0.25, 0.3) is 44.1 Å². The lowest BCUT2D eigenvalue weighted by Gasteiger charge is -2.10. The second kappa shape index (κ2) is 7.07. The molecule has 0 aliphatic carbocycles. The number of aromatic amines is 3. The molecule has 6 aromatic rings. The minimum Gasteiger partial charge on any atom is -0.322 e. The van der Waals surface area contributed by atoms with Gasteiger partial charge in [0.15, 0.2) is 17.5 Å². The summed E-state index contributed by atoms with van der Waals surface area (Å²) in [6.07, 6.45) is 3.11. The van der Waals surface area contributed by atoms with Crippen LogP contribution in [-0.4, -0.2) is 35.3 Å². The highest BCUT2D eigenvalue weighted by atomic mass is 35.5. The monoisotopic (exact) mass is 464 g/mol. The number of pyridine rings is 1. The zero-order valence-electron chi connectivity index (χ0n) is 16.4. The maximum absolute atomic E-state index is 14.1. The summed E-state index contributed by atoms with van der Waals surface area (Å²) < 4.78 is 27.9. The van der Waals surface area contributed by atoms with Crippen molar-refractivity contribution in [3.63, 3.8) is 0 Å². The molecule has 0 bridgehead atoms. The van der Waals surface area contributed by atoms with Crippen molar-refractivity contribution in [2.24, 2.45) is 0 Å². The van der Waals surface area contributed by atoms with Gasteiger partial charge in [0.05, 0.1) is 33.0 Å². The van der Waals surface area contributed by atoms with Gasteiger partial charge in [-0.15, -0.1) is 0 Å². The Bertz CT molecular complexity index is 1770. The number of nitrogens with one attached hydrogen (secondary N) is 4. The zero-order valence-corrected chi connectivity index (χ0v) is 17.1. The first-order chi connectivity index (χ1) is 16.0. The minimum absolute atomic E-state index is 0.0549. The average molecular weight is 465 g/mol. The van der Waals surface area contributed by atoms with Gasteiger partial charge in [-0.05, 0) is 24.3 Å². The van der Waals surface area contributed by atoms with Crippen LogP contribution in [0.15, 0.2) is 47.5 Å². The van der Waals surface area contributed by atoms with E-state index in [1.165, 1.54) is 6.07 Å². The van der Waals surface area contributed by atoms with Crippen molar-refractivity contribution in [3.05, 3.63) is 69.7 Å². The largest absolute Gasteiger partial charge is 0.322 e. The molecule has 0 unspecified atom stereocenters. The molecule has 9 nitrogen and oxygen atoms in total. The molecule has 0 saturated heterocycles. The molecule has 0 spiro atoms. The Labute approximate surface area is 186 Å². The summed E-state index contributed by atoms with van der Waals surface area (Å²) in [4.78, 5) is 25.4. The van der Waals surface area contributed by atoms with E-state index in [0.717, 1.165) is 6.07 Å². The van der Waals surface area contributed by atoms with Crippen LogP contribution in [-0.2, 0) is 0 Å². The summed E-state index contributed by atoms with van der Waals surface area (Å²) in [6.45, 7) is 0. The number of hydrogen-bond acceptors (Lipinski definition) is 6. The van der Waals surface area contributed by atoms with Gasteiger partial charge >= 0.3 is 0 Å². The van der Waals surface area contributed by atoms with E-state index in [-0.39, 0.29) is 38.5 Å². The third kappa shape index (κ3) is 3.01. The quantitative estimate of drug-likeness (QED) is 0.307. The first-order valence-corrected chi connectivity index (χ1v) is 9.98. The molecule has 4 N–H and O–H groups in total. The van der Waals surface area contributed by atoms with E-state index in [1.54, 1.807) is 30.6 Å². The highest BCUT2D eigenvalue weighted by molar-refractivity contribution is 6.38. The summed E-state index contributed by atoms with van der Waals surface area (Å²) in [6, 6.07) is 7.00. The Morgan fingerprint density at radius 3 is 2.76 bits per heavy atom. The van der Waals surface area contributed by atoms with E-state index in [1.807, 2.05) is 0 Å². The summed E-state index contributed by atoms with van der Waals surface area (Å²) in [7, 11) is 0. The standard InChI is InChI=1S/C21H11ClF2N8O/c22-16-10(1-2-13-15(16)21(33)32-29-13)19-26-14-7-25-4-3-9(14)18(27-19)28-20-11-5-8(23)6-12(24)17(11)30-31-20/h1-7H,(H2,29,32,33)(H2,26,27,28,30,31). The molecular formula is C21H11ClF2N8O. The molecule has 0 fully saturated rings. The third-order valence-electron chi connectivity index (χ3n) is 5.25. The van der Waals surface area contributed by atoms with Crippen LogP contribution in [0.4, 0.5) is 20.4 Å². The Balaban J connectivity index is 1.56. The second-order valence-electron chi connectivity index (χ2n) is 7.22. The summed E-state index contributed by atoms with van der Waals surface area (Å²) >= 11 is 6.53. The fraction of sp³-hybridized carbons (Fsp3) is 0. The van der Waals surface area contributed by atoms with E-state index in [2.05, 4.69) is 40.7 Å². The van der Waals surface area contributed by atoms with Gasteiger partial charge in [0.1, 0.15) is 17.2 Å². The van der Waals surface area contributed by atoms with Gasteiger partial charge in [-0.2, -0.15) is 5.10 Å². The average Bonchev–Trinajstić information content (AvgIpc) is 3.38. The fourth-order valence-corrected chi connectivity index (χ4v) is 4.05. The van der Waals surface area contributed by atoms with Gasteiger partial charge in [-0.3, -0.25) is 25.1 Å². The van der Waals surface area contributed by atoms with E-state index < -0.39 is 11.6 Å². The van der Waals surface area contributed by atoms with E-state index in [9.17, 15) is 13.6 Å². The minimum atomic E-state index is -0.764. The van der Waals surface area contributed by atoms with Crippen molar-refractivity contribution in [1.82, 2.24) is 35.3 Å². The Kier molecular flexibility index (Phi) is 4.14. The highest BCUT2D eigenvalue weighted by Crippen LogP contribution is 2.34. The maximum Gasteiger partial charge on any atom is 0.273 e. The Morgan fingerprint density at radius 1 is 1.00 bits per heavy atom. The van der Waals surface area contributed by atoms with Crippen LogP contribution in [0.1, 0.15) is 0 Å². The van der Waals surface area contributed by atoms with Crippen molar-refractivity contribution in [2.45, 2.75) is 0 Å². The summed E-state index contributed by atoms with van der Waals surface area (Å²) in [5, 5.41) is 16.2. The molecule has 6 rings (SSSR count). The number of hydrogen-bond donors (Lipinski definition) is 4. The smallest absolute Gasteiger partial charge is 0.273 e. The first-order valence-electron chi connectivity index (χ1n) is 9.61. The number of nitrogens with zero attached hydrogens (tertiary/aromatic N) is 4. The molecule has 4 heterocycles. The molecule has 33 heavy (non-hydrogen) atoms. The van der Waals surface area contributed by atoms with E-state index in [4.69, 9.17) is 11.6 Å². The predicted octanol–water partition coefficient (Wildman–Crippen LogP) is 4.41. The van der Waals surface area contributed by atoms with Crippen LogP contribution in [0.2, 0.25) is 5.02 Å². The lowest BCUT2D eigenvalue weighted by molar-refractivity contribution is 0.590. The predicted molar refractivity (Wildman–Crippen MR) is 120 cm³/mol. The van der Waals surface area contributed by atoms with Crippen molar-refractivity contribution in [2.75, 3.05) is 5.32 Å². The fourth-order valence-electron chi connectivity index (χ4n) is 3.71. The van der Waals surface area contributed by atoms with Crippen LogP contribution in [0.3, 0.4) is 0 Å². The molecular weight excluding hydrogens is 454 g/mol. The van der Waals surface area contributed by atoms with Crippen molar-refractivity contribution in [3.8, 4) is 11.4 Å². The summed E-state index contributed by atoms with van der Waals surface area (Å²) in [5.41, 5.74) is 1.14. The van der Waals surface area contributed by atoms with Crippen LogP contribution < -0.4 is 10.9 Å². The van der Waals surface area contributed by atoms with Crippen LogP contribution >= 0.6 is 11.6 Å². The Morgan fingerprint density at radius 2 is 1.88 bits per heavy atom. The first kappa shape index (κ1) is 19.3. The van der Waals surface area contributed by atoms with Gasteiger partial charge in [-0.1, -0.05) is 11.6 Å². The molecule has 2 aromatic carbocycles. The third-order valence-corrected chi connectivity index (χ3v) is 5.64. The number of anilines is 2. The zero-order chi connectivity index (χ0) is 22.7. The number of H-pyrrole nitrogens is 3. The highest BCUT2D eigenvalue weighted by Gasteiger charge is 2.18. The number of halogens is 3. The molecule has 0 aliphatic heterocycles. The van der Waals surface area contributed by atoms with Crippen molar-refractivity contribution < 1.29 is 8.78 Å². The van der Waals surface area contributed by atoms with Gasteiger partial charge in [0.25, 0.3) is 5.56 Å². The summed E-state index contributed by atoms with van der Waals surface area (Å²) in [5.74, 6) is -0.786. The van der Waals surface area contributed by atoms with E-state index in [0.29, 0.717) is 27.8 Å². The number of benzene rings is 2. The molecule has 0 radical (unpaired) electrons. The molecule has 0 atom stereocenters. The van der Waals surface area contributed by atoms with Gasteiger partial charge in [-0.25, -0.2) is 18.7 Å². The number of fused-ring (bicyclic) bond motifs is 3. The van der Waals surface area contributed by atoms with Gasteiger partial charge in [0.2, 0.25) is 0 Å². The second-order valence-corrected chi connectivity index (χ2v) is 7.60. The number of rotatable bonds is 3. The van der Waals surface area contributed by atoms with Crippen molar-refractivity contribution in [1.29, 1.82) is 0 Å². The van der Waals surface area contributed by atoms with Gasteiger partial charge < -0.3 is 5.32 Å². The molecule has 0 amide bonds. The maximum atomic E-state index is 14.1. The number of aromatic nitrogens is 7. The Hall–Kier alpha value is -4.38. The normalized spacial score (nSPS) is 11.6. The topological polar surface area (TPSA) is 128 Å². The SMILES string of the molecule is O=c1[nH][nH]c2ccc(-c3nc(Nc4n[nH]c5c(F)cc(F)cc45)c4ccncc4n3)c(Cl)c12. The molecule has 4 aromatic heterocycles. The lowest BCUT2D eigenvalue weighted by atomic mass is 10.1. The lowest BCUT2D eigenvalue weighted by Crippen LogP contribution is -2.02. The van der Waals surface area contributed by atoms with Crippen LogP contribution in [0, 0.1) is 11.6 Å². The van der Waals surface area contributed by atoms with E-state index >= 15 is 0 Å². The molecule has 0 aliphatic rings. The van der Waals surface area contributed by atoms with Gasteiger partial charge in [0, 0.05) is 23.2 Å².